The van der Waals surface area contributed by atoms with Crippen LogP contribution >= 0.6 is 0 Å². The molecule has 0 amide bonds. The number of carbonyl (C=O) groups is 1. The fourth-order valence-corrected chi connectivity index (χ4v) is 4.73. The van der Waals surface area contributed by atoms with Gasteiger partial charge in [0.2, 0.25) is 0 Å². The Morgan fingerprint density at radius 2 is 1.85 bits per heavy atom. The zero-order valence-electron chi connectivity index (χ0n) is 19.6. The number of nitrogens with two attached hydrogens (primary N) is 1. The molecule has 174 valence electrons. The van der Waals surface area contributed by atoms with Crippen LogP contribution in [0.25, 0.3) is 17.5 Å². The summed E-state index contributed by atoms with van der Waals surface area (Å²) in [5.41, 5.74) is 12.9. The lowest BCUT2D eigenvalue weighted by atomic mass is 9.89. The molecule has 1 saturated heterocycles. The Balaban J connectivity index is 1.49. The summed E-state index contributed by atoms with van der Waals surface area (Å²) in [6, 6.07) is 13.8. The molecule has 1 atom stereocenters. The molecule has 0 bridgehead atoms. The molecule has 4 heterocycles. The lowest BCUT2D eigenvalue weighted by molar-refractivity contribution is -0.109. The molecule has 2 aliphatic rings. The van der Waals surface area contributed by atoms with Gasteiger partial charge < -0.3 is 26.1 Å². The molecule has 0 spiro atoms. The standard InChI is InChI=1S/C27H30N6O/c1-17-22(28)7-8-23(30-17)24-15-20-9-12-29-25(16-34)26(20)27(32-24)31-21-5-3-18(4-6-21)19-10-13-33(2)14-11-19/h3-9,12,15-16,19,25,29H,10-11,13-14,28H2,1-2H3,(H,31,32). The van der Waals surface area contributed by atoms with E-state index in [9.17, 15) is 4.79 Å². The van der Waals surface area contributed by atoms with E-state index in [1.54, 1.807) is 6.20 Å². The molecule has 0 radical (unpaired) electrons. The van der Waals surface area contributed by atoms with E-state index < -0.39 is 6.04 Å². The van der Waals surface area contributed by atoms with Gasteiger partial charge in [0.15, 0.2) is 0 Å². The number of anilines is 3. The highest BCUT2D eigenvalue weighted by atomic mass is 16.1. The van der Waals surface area contributed by atoms with Gasteiger partial charge in [-0.3, -0.25) is 0 Å². The van der Waals surface area contributed by atoms with E-state index in [2.05, 4.69) is 51.8 Å². The van der Waals surface area contributed by atoms with Gasteiger partial charge in [-0.25, -0.2) is 9.97 Å². The Kier molecular flexibility index (Phi) is 6.02. The van der Waals surface area contributed by atoms with Crippen LogP contribution in [0.4, 0.5) is 17.2 Å². The number of aromatic nitrogens is 2. The number of aryl methyl sites for hydroxylation is 1. The Hall–Kier alpha value is -3.71. The second kappa shape index (κ2) is 9.27. The number of piperidine rings is 1. The van der Waals surface area contributed by atoms with Gasteiger partial charge in [0.25, 0.3) is 0 Å². The zero-order valence-corrected chi connectivity index (χ0v) is 19.6. The number of rotatable bonds is 5. The van der Waals surface area contributed by atoms with Gasteiger partial charge in [-0.1, -0.05) is 12.1 Å². The van der Waals surface area contributed by atoms with Gasteiger partial charge in [0, 0.05) is 11.3 Å². The van der Waals surface area contributed by atoms with Crippen molar-refractivity contribution in [3.05, 3.63) is 71.0 Å². The third-order valence-electron chi connectivity index (χ3n) is 6.83. The molecule has 1 unspecified atom stereocenters. The van der Waals surface area contributed by atoms with Crippen molar-refractivity contribution in [2.45, 2.75) is 31.7 Å². The molecule has 4 N–H and O–H groups in total. The Morgan fingerprint density at radius 3 is 2.56 bits per heavy atom. The maximum Gasteiger partial charge on any atom is 0.146 e. The summed E-state index contributed by atoms with van der Waals surface area (Å²) in [6.45, 7) is 4.16. The van der Waals surface area contributed by atoms with E-state index in [-0.39, 0.29) is 0 Å². The van der Waals surface area contributed by atoms with Gasteiger partial charge >= 0.3 is 0 Å². The van der Waals surface area contributed by atoms with Gasteiger partial charge in [0.05, 0.1) is 22.8 Å². The minimum Gasteiger partial charge on any atom is -0.397 e. The number of nitrogens with zero attached hydrogens (tertiary/aromatic N) is 3. The van der Waals surface area contributed by atoms with E-state index in [1.165, 1.54) is 18.4 Å². The van der Waals surface area contributed by atoms with Crippen molar-refractivity contribution in [3.63, 3.8) is 0 Å². The fourth-order valence-electron chi connectivity index (χ4n) is 4.73. The molecular formula is C27H30N6O. The van der Waals surface area contributed by atoms with Crippen LogP contribution in [0.2, 0.25) is 0 Å². The summed E-state index contributed by atoms with van der Waals surface area (Å²) >= 11 is 0. The van der Waals surface area contributed by atoms with Crippen LogP contribution in [0.3, 0.4) is 0 Å². The molecule has 7 nitrogen and oxygen atoms in total. The molecular weight excluding hydrogens is 424 g/mol. The smallest absolute Gasteiger partial charge is 0.146 e. The number of benzene rings is 1. The van der Waals surface area contributed by atoms with Crippen LogP contribution in [0, 0.1) is 6.92 Å². The number of carbonyl (C=O) groups excluding carboxylic acids is 1. The summed E-state index contributed by atoms with van der Waals surface area (Å²) in [5.74, 6) is 1.25. The summed E-state index contributed by atoms with van der Waals surface area (Å²) in [5, 5.41) is 6.58. The first-order valence-electron chi connectivity index (χ1n) is 11.7. The Morgan fingerprint density at radius 1 is 1.09 bits per heavy atom. The molecule has 5 rings (SSSR count). The third kappa shape index (κ3) is 4.39. The molecule has 2 aliphatic heterocycles. The van der Waals surface area contributed by atoms with E-state index in [1.807, 2.05) is 31.2 Å². The van der Waals surface area contributed by atoms with E-state index in [4.69, 9.17) is 10.7 Å². The van der Waals surface area contributed by atoms with Crippen LogP contribution < -0.4 is 16.4 Å². The number of likely N-dealkylation sites (tertiary alicyclic amines) is 1. The van der Waals surface area contributed by atoms with E-state index in [0.717, 1.165) is 53.3 Å². The Labute approximate surface area is 200 Å². The van der Waals surface area contributed by atoms with Crippen LogP contribution in [0.5, 0.6) is 0 Å². The summed E-state index contributed by atoms with van der Waals surface area (Å²) in [4.78, 5) is 23.7. The van der Waals surface area contributed by atoms with Crippen molar-refractivity contribution < 1.29 is 4.79 Å². The number of hydrogen-bond donors (Lipinski definition) is 3. The molecule has 7 heteroatoms. The van der Waals surface area contributed by atoms with Crippen LogP contribution in [-0.4, -0.2) is 41.3 Å². The fraction of sp³-hybridized carbons (Fsp3) is 0.296. The predicted octanol–water partition coefficient (Wildman–Crippen LogP) is 4.40. The van der Waals surface area contributed by atoms with Crippen LogP contribution in [-0.2, 0) is 4.79 Å². The summed E-state index contributed by atoms with van der Waals surface area (Å²) in [7, 11) is 2.18. The highest BCUT2D eigenvalue weighted by molar-refractivity contribution is 5.79. The van der Waals surface area contributed by atoms with E-state index in [0.29, 0.717) is 17.4 Å². The molecule has 3 aromatic rings. The van der Waals surface area contributed by atoms with E-state index >= 15 is 0 Å². The van der Waals surface area contributed by atoms with Gasteiger partial charge in [-0.05, 0) is 99.6 Å². The predicted molar refractivity (Wildman–Crippen MR) is 137 cm³/mol. The minimum absolute atomic E-state index is 0.469. The quantitative estimate of drug-likeness (QED) is 0.492. The number of aldehydes is 1. The first-order chi connectivity index (χ1) is 16.5. The second-order valence-electron chi connectivity index (χ2n) is 9.17. The van der Waals surface area contributed by atoms with Crippen molar-refractivity contribution >= 4 is 29.6 Å². The molecule has 0 saturated carbocycles. The van der Waals surface area contributed by atoms with Crippen molar-refractivity contribution in [3.8, 4) is 11.4 Å². The normalized spacial score (nSPS) is 18.2. The van der Waals surface area contributed by atoms with Crippen LogP contribution in [0.15, 0.2) is 48.7 Å². The lowest BCUT2D eigenvalue weighted by Crippen LogP contribution is -2.29. The number of nitrogens with one attached hydrogen (secondary N) is 2. The molecule has 0 aliphatic carbocycles. The first kappa shape index (κ1) is 22.1. The summed E-state index contributed by atoms with van der Waals surface area (Å²) < 4.78 is 0. The topological polar surface area (TPSA) is 96.2 Å². The number of hydrogen-bond acceptors (Lipinski definition) is 7. The van der Waals surface area contributed by atoms with Gasteiger partial charge in [0.1, 0.15) is 18.1 Å². The lowest BCUT2D eigenvalue weighted by Gasteiger charge is -2.29. The molecule has 1 fully saturated rings. The average Bonchev–Trinajstić information content (AvgIpc) is 2.86. The Bertz CT molecular complexity index is 1230. The SMILES string of the molecule is Cc1nc(-c2cc3c(c(Nc4ccc(C5CCN(C)CC5)cc4)n2)C(C=O)NC=C3)ccc1N. The third-order valence-corrected chi connectivity index (χ3v) is 6.83. The largest absolute Gasteiger partial charge is 0.397 e. The molecule has 2 aromatic heterocycles. The number of fused-ring (bicyclic) bond motifs is 1. The maximum absolute atomic E-state index is 11.8. The maximum atomic E-state index is 11.8. The first-order valence-corrected chi connectivity index (χ1v) is 11.7. The highest BCUT2D eigenvalue weighted by Gasteiger charge is 2.23. The monoisotopic (exact) mass is 454 g/mol. The average molecular weight is 455 g/mol. The van der Waals surface area contributed by atoms with Gasteiger partial charge in [-0.15, -0.1) is 0 Å². The minimum atomic E-state index is -0.469. The van der Waals surface area contributed by atoms with Crippen LogP contribution in [0.1, 0.15) is 47.2 Å². The van der Waals surface area contributed by atoms with Crippen molar-refractivity contribution in [1.82, 2.24) is 20.2 Å². The number of nitrogen functional groups attached to an aromatic ring is 1. The van der Waals surface area contributed by atoms with Crippen molar-refractivity contribution in [1.29, 1.82) is 0 Å². The zero-order chi connectivity index (χ0) is 23.7. The summed E-state index contributed by atoms with van der Waals surface area (Å²) in [6.07, 6.45) is 7.04. The van der Waals surface area contributed by atoms with Crippen molar-refractivity contribution in [2.75, 3.05) is 31.2 Å². The van der Waals surface area contributed by atoms with Gasteiger partial charge in [-0.2, -0.15) is 0 Å². The second-order valence-corrected chi connectivity index (χ2v) is 9.17. The molecule has 1 aromatic carbocycles. The number of pyridine rings is 2. The van der Waals surface area contributed by atoms with Crippen molar-refractivity contribution in [2.24, 2.45) is 0 Å². The molecule has 34 heavy (non-hydrogen) atoms. The highest BCUT2D eigenvalue weighted by Crippen LogP contribution is 2.35.